The van der Waals surface area contributed by atoms with Crippen LogP contribution in [0.2, 0.25) is 0 Å². The maximum Gasteiger partial charge on any atom is 0.0543 e. The summed E-state index contributed by atoms with van der Waals surface area (Å²) in [6.45, 7) is 5.20. The Morgan fingerprint density at radius 1 is 1.59 bits per heavy atom. The molecule has 0 radical (unpaired) electrons. The summed E-state index contributed by atoms with van der Waals surface area (Å²) >= 11 is 0. The molecule has 4 heteroatoms. The summed E-state index contributed by atoms with van der Waals surface area (Å²) in [5, 5.41) is 20.2. The van der Waals surface area contributed by atoms with E-state index in [2.05, 4.69) is 22.4 Å². The minimum atomic E-state index is -0.0819. The van der Waals surface area contributed by atoms with Crippen molar-refractivity contribution in [1.82, 2.24) is 15.5 Å². The normalized spacial score (nSPS) is 27.0. The van der Waals surface area contributed by atoms with E-state index in [-0.39, 0.29) is 6.10 Å². The molecule has 96 valence electrons. The maximum absolute atomic E-state index is 9.63. The summed E-state index contributed by atoms with van der Waals surface area (Å²) in [5.41, 5.74) is 2.37. The molecule has 1 aliphatic carbocycles. The van der Waals surface area contributed by atoms with Crippen molar-refractivity contribution in [3.05, 3.63) is 17.5 Å². The van der Waals surface area contributed by atoms with Crippen molar-refractivity contribution in [3.8, 4) is 0 Å². The number of aliphatic hydroxyl groups excluding tert-OH is 1. The lowest BCUT2D eigenvalue weighted by Crippen LogP contribution is -2.30. The van der Waals surface area contributed by atoms with Crippen LogP contribution in [0.4, 0.5) is 0 Å². The van der Waals surface area contributed by atoms with E-state index < -0.39 is 0 Å². The summed E-state index contributed by atoms with van der Waals surface area (Å²) in [7, 11) is 0. The molecular weight excluding hydrogens is 214 g/mol. The van der Waals surface area contributed by atoms with Gasteiger partial charge in [0.25, 0.3) is 0 Å². The van der Waals surface area contributed by atoms with E-state index in [1.165, 1.54) is 12.0 Å². The number of nitrogens with one attached hydrogen (secondary N) is 2. The third kappa shape index (κ3) is 3.30. The Balaban J connectivity index is 1.80. The average molecular weight is 237 g/mol. The minimum Gasteiger partial charge on any atom is -0.393 e. The lowest BCUT2D eigenvalue weighted by molar-refractivity contribution is 0.0998. The van der Waals surface area contributed by atoms with Crippen molar-refractivity contribution in [2.24, 2.45) is 5.92 Å². The zero-order valence-corrected chi connectivity index (χ0v) is 10.7. The average Bonchev–Trinajstić information content (AvgIpc) is 2.72. The van der Waals surface area contributed by atoms with Crippen molar-refractivity contribution >= 4 is 0 Å². The highest BCUT2D eigenvalue weighted by Crippen LogP contribution is 2.24. The quantitative estimate of drug-likeness (QED) is 0.749. The van der Waals surface area contributed by atoms with Crippen LogP contribution in [-0.4, -0.2) is 28.0 Å². The number of aromatic amines is 1. The van der Waals surface area contributed by atoms with E-state index in [4.69, 9.17) is 0 Å². The number of hydrogen-bond acceptors (Lipinski definition) is 3. The standard InChI is InChI=1S/C13H23N3O/c1-9(13-8-15-16-10(13)2)14-7-11-4-3-5-12(17)6-11/h8-9,11-12,14,17H,3-7H2,1-2H3,(H,15,16). The van der Waals surface area contributed by atoms with Crippen molar-refractivity contribution in [2.75, 3.05) is 6.54 Å². The van der Waals surface area contributed by atoms with Crippen LogP contribution in [0.15, 0.2) is 6.20 Å². The Bertz CT molecular complexity index is 350. The van der Waals surface area contributed by atoms with Gasteiger partial charge in [0, 0.05) is 17.3 Å². The zero-order chi connectivity index (χ0) is 12.3. The van der Waals surface area contributed by atoms with Crippen LogP contribution in [0.1, 0.15) is 49.9 Å². The molecule has 3 unspecified atom stereocenters. The largest absolute Gasteiger partial charge is 0.393 e. The number of aliphatic hydroxyl groups is 1. The van der Waals surface area contributed by atoms with Crippen molar-refractivity contribution in [3.63, 3.8) is 0 Å². The van der Waals surface area contributed by atoms with Gasteiger partial charge in [-0.15, -0.1) is 0 Å². The van der Waals surface area contributed by atoms with Crippen LogP contribution in [-0.2, 0) is 0 Å². The number of aromatic nitrogens is 2. The number of H-pyrrole nitrogens is 1. The molecule has 1 saturated carbocycles. The van der Waals surface area contributed by atoms with Crippen LogP contribution < -0.4 is 5.32 Å². The first-order valence-corrected chi connectivity index (χ1v) is 6.58. The molecule has 0 aromatic carbocycles. The topological polar surface area (TPSA) is 60.9 Å². The summed E-state index contributed by atoms with van der Waals surface area (Å²) in [5.74, 6) is 0.619. The van der Waals surface area contributed by atoms with E-state index in [9.17, 15) is 5.11 Å². The monoisotopic (exact) mass is 237 g/mol. The maximum atomic E-state index is 9.63. The highest BCUT2D eigenvalue weighted by Gasteiger charge is 2.20. The molecule has 2 rings (SSSR count). The predicted octanol–water partition coefficient (Wildman–Crippen LogP) is 1.92. The summed E-state index contributed by atoms with van der Waals surface area (Å²) in [6.07, 6.45) is 6.13. The molecule has 0 bridgehead atoms. The van der Waals surface area contributed by atoms with Gasteiger partial charge < -0.3 is 10.4 Å². The van der Waals surface area contributed by atoms with Gasteiger partial charge in [0.1, 0.15) is 0 Å². The molecule has 0 saturated heterocycles. The molecule has 4 nitrogen and oxygen atoms in total. The van der Waals surface area contributed by atoms with Gasteiger partial charge in [-0.3, -0.25) is 5.10 Å². The van der Waals surface area contributed by atoms with Crippen LogP contribution in [0.25, 0.3) is 0 Å². The number of aryl methyl sites for hydroxylation is 1. The first kappa shape index (κ1) is 12.6. The molecular formula is C13H23N3O. The summed E-state index contributed by atoms with van der Waals surface area (Å²) < 4.78 is 0. The Morgan fingerprint density at radius 3 is 3.06 bits per heavy atom. The minimum absolute atomic E-state index is 0.0819. The first-order valence-electron chi connectivity index (χ1n) is 6.58. The second kappa shape index (κ2) is 5.65. The molecule has 1 aromatic heterocycles. The molecule has 3 atom stereocenters. The van der Waals surface area contributed by atoms with E-state index in [0.717, 1.165) is 31.5 Å². The van der Waals surface area contributed by atoms with Gasteiger partial charge in [-0.1, -0.05) is 6.42 Å². The first-order chi connectivity index (χ1) is 8.16. The lowest BCUT2D eigenvalue weighted by Gasteiger charge is -2.27. The van der Waals surface area contributed by atoms with Gasteiger partial charge >= 0.3 is 0 Å². The fraction of sp³-hybridized carbons (Fsp3) is 0.769. The number of nitrogens with zero attached hydrogens (tertiary/aromatic N) is 1. The number of rotatable bonds is 4. The van der Waals surface area contributed by atoms with Gasteiger partial charge in [-0.25, -0.2) is 0 Å². The Hall–Kier alpha value is -0.870. The molecule has 1 heterocycles. The molecule has 0 aliphatic heterocycles. The zero-order valence-electron chi connectivity index (χ0n) is 10.7. The molecule has 1 aromatic rings. The van der Waals surface area contributed by atoms with Crippen LogP contribution in [0, 0.1) is 12.8 Å². The van der Waals surface area contributed by atoms with E-state index >= 15 is 0 Å². The van der Waals surface area contributed by atoms with Gasteiger partial charge in [0.2, 0.25) is 0 Å². The SMILES string of the molecule is Cc1[nH]ncc1C(C)NCC1CCCC(O)C1. The molecule has 0 amide bonds. The van der Waals surface area contributed by atoms with E-state index in [0.29, 0.717) is 12.0 Å². The third-order valence-electron chi connectivity index (χ3n) is 3.80. The Labute approximate surface area is 103 Å². The number of hydrogen-bond donors (Lipinski definition) is 3. The molecule has 1 fully saturated rings. The van der Waals surface area contributed by atoms with Crippen LogP contribution >= 0.6 is 0 Å². The smallest absolute Gasteiger partial charge is 0.0543 e. The van der Waals surface area contributed by atoms with Crippen LogP contribution in [0.5, 0.6) is 0 Å². The van der Waals surface area contributed by atoms with Crippen LogP contribution in [0.3, 0.4) is 0 Å². The van der Waals surface area contributed by atoms with Gasteiger partial charge in [0.15, 0.2) is 0 Å². The predicted molar refractivity (Wildman–Crippen MR) is 67.7 cm³/mol. The molecule has 17 heavy (non-hydrogen) atoms. The molecule has 1 aliphatic rings. The van der Waals surface area contributed by atoms with Gasteiger partial charge in [0.05, 0.1) is 12.3 Å². The van der Waals surface area contributed by atoms with Crippen molar-refractivity contribution in [1.29, 1.82) is 0 Å². The van der Waals surface area contributed by atoms with Gasteiger partial charge in [-0.05, 0) is 45.6 Å². The second-order valence-corrected chi connectivity index (χ2v) is 5.27. The molecule has 0 spiro atoms. The lowest BCUT2D eigenvalue weighted by atomic mass is 9.87. The van der Waals surface area contributed by atoms with E-state index in [1.54, 1.807) is 0 Å². The fourth-order valence-electron chi connectivity index (χ4n) is 2.70. The van der Waals surface area contributed by atoms with Crippen molar-refractivity contribution < 1.29 is 5.11 Å². The Morgan fingerprint density at radius 2 is 2.41 bits per heavy atom. The summed E-state index contributed by atoms with van der Waals surface area (Å²) in [4.78, 5) is 0. The van der Waals surface area contributed by atoms with E-state index in [1.807, 2.05) is 13.1 Å². The third-order valence-corrected chi connectivity index (χ3v) is 3.80. The van der Waals surface area contributed by atoms with Gasteiger partial charge in [-0.2, -0.15) is 5.10 Å². The Kier molecular flexibility index (Phi) is 4.18. The molecule has 3 N–H and O–H groups in total. The van der Waals surface area contributed by atoms with Crippen molar-refractivity contribution in [2.45, 2.75) is 51.7 Å². The highest BCUT2D eigenvalue weighted by molar-refractivity contribution is 5.18. The highest BCUT2D eigenvalue weighted by atomic mass is 16.3. The second-order valence-electron chi connectivity index (χ2n) is 5.27. The fourth-order valence-corrected chi connectivity index (χ4v) is 2.70. The summed E-state index contributed by atoms with van der Waals surface area (Å²) in [6, 6.07) is 0.327.